The third-order valence-corrected chi connectivity index (χ3v) is 5.42. The number of piperazine rings is 1. The van der Waals surface area contributed by atoms with Crippen molar-refractivity contribution in [3.63, 3.8) is 0 Å². The maximum atomic E-state index is 12.6. The Labute approximate surface area is 160 Å². The minimum Gasteiger partial charge on any atom is -0.368 e. The monoisotopic (exact) mass is 363 g/mol. The van der Waals surface area contributed by atoms with Gasteiger partial charge >= 0.3 is 11.8 Å². The predicted molar refractivity (Wildman–Crippen MR) is 105 cm³/mol. The molecule has 5 nitrogen and oxygen atoms in total. The van der Waals surface area contributed by atoms with E-state index in [9.17, 15) is 9.59 Å². The molecule has 1 atom stereocenters. The van der Waals surface area contributed by atoms with E-state index in [2.05, 4.69) is 22.3 Å². The van der Waals surface area contributed by atoms with E-state index < -0.39 is 11.8 Å². The molecule has 2 aromatic carbocycles. The van der Waals surface area contributed by atoms with E-state index in [1.165, 1.54) is 0 Å². The third kappa shape index (κ3) is 4.13. The Morgan fingerprint density at radius 2 is 1.44 bits per heavy atom. The SMILES string of the molecule is O=C(N[C@H](c1ccccc1)C1CC1)C(=O)N1CCN(c2ccccc2)CC1. The summed E-state index contributed by atoms with van der Waals surface area (Å²) in [4.78, 5) is 29.2. The Morgan fingerprint density at radius 1 is 0.852 bits per heavy atom. The molecule has 2 amide bonds. The molecule has 5 heteroatoms. The highest BCUT2D eigenvalue weighted by Crippen LogP contribution is 2.40. The van der Waals surface area contributed by atoms with Crippen molar-refractivity contribution in [3.8, 4) is 0 Å². The molecule has 0 unspecified atom stereocenters. The van der Waals surface area contributed by atoms with Crippen molar-refractivity contribution in [2.45, 2.75) is 18.9 Å². The van der Waals surface area contributed by atoms with Gasteiger partial charge < -0.3 is 15.1 Å². The van der Waals surface area contributed by atoms with Crippen molar-refractivity contribution >= 4 is 17.5 Å². The van der Waals surface area contributed by atoms with Crippen molar-refractivity contribution in [1.82, 2.24) is 10.2 Å². The molecule has 4 rings (SSSR count). The van der Waals surface area contributed by atoms with Crippen LogP contribution in [0.2, 0.25) is 0 Å². The van der Waals surface area contributed by atoms with Crippen LogP contribution in [0.25, 0.3) is 0 Å². The highest BCUT2D eigenvalue weighted by Gasteiger charge is 2.35. The van der Waals surface area contributed by atoms with Gasteiger partial charge in [-0.05, 0) is 36.5 Å². The van der Waals surface area contributed by atoms with Gasteiger partial charge in [0.2, 0.25) is 0 Å². The summed E-state index contributed by atoms with van der Waals surface area (Å²) in [5, 5.41) is 2.99. The number of anilines is 1. The van der Waals surface area contributed by atoms with Crippen LogP contribution in [0.15, 0.2) is 60.7 Å². The zero-order valence-corrected chi connectivity index (χ0v) is 15.4. The van der Waals surface area contributed by atoms with Gasteiger partial charge in [0.15, 0.2) is 0 Å². The molecule has 1 aliphatic carbocycles. The molecule has 1 saturated carbocycles. The molecular weight excluding hydrogens is 338 g/mol. The average molecular weight is 363 g/mol. The van der Waals surface area contributed by atoms with Gasteiger partial charge in [-0.15, -0.1) is 0 Å². The van der Waals surface area contributed by atoms with E-state index in [1.54, 1.807) is 4.90 Å². The minimum atomic E-state index is -0.482. The zero-order chi connectivity index (χ0) is 18.6. The first kappa shape index (κ1) is 17.6. The van der Waals surface area contributed by atoms with Crippen molar-refractivity contribution in [3.05, 3.63) is 66.2 Å². The Hall–Kier alpha value is -2.82. The number of benzene rings is 2. The zero-order valence-electron chi connectivity index (χ0n) is 15.4. The molecule has 2 aliphatic rings. The topological polar surface area (TPSA) is 52.7 Å². The summed E-state index contributed by atoms with van der Waals surface area (Å²) in [6, 6.07) is 20.1. The summed E-state index contributed by atoms with van der Waals surface area (Å²) in [6.45, 7) is 2.63. The molecule has 140 valence electrons. The van der Waals surface area contributed by atoms with Crippen LogP contribution in [-0.2, 0) is 9.59 Å². The number of rotatable bonds is 4. The quantitative estimate of drug-likeness (QED) is 0.850. The Morgan fingerprint density at radius 3 is 2.04 bits per heavy atom. The largest absolute Gasteiger partial charge is 0.368 e. The lowest BCUT2D eigenvalue weighted by Gasteiger charge is -2.36. The number of nitrogens with one attached hydrogen (secondary N) is 1. The molecule has 1 saturated heterocycles. The summed E-state index contributed by atoms with van der Waals surface area (Å²) in [6.07, 6.45) is 2.20. The van der Waals surface area contributed by atoms with Crippen LogP contribution < -0.4 is 10.2 Å². The third-order valence-electron chi connectivity index (χ3n) is 5.42. The lowest BCUT2D eigenvalue weighted by Crippen LogP contribution is -2.53. The molecule has 0 radical (unpaired) electrons. The van der Waals surface area contributed by atoms with E-state index in [1.807, 2.05) is 48.5 Å². The normalized spacial score (nSPS) is 18.1. The number of nitrogens with zero attached hydrogens (tertiary/aromatic N) is 2. The Bertz CT molecular complexity index is 782. The van der Waals surface area contributed by atoms with Gasteiger partial charge in [0.05, 0.1) is 6.04 Å². The van der Waals surface area contributed by atoms with Crippen LogP contribution in [0.1, 0.15) is 24.4 Å². The maximum Gasteiger partial charge on any atom is 0.312 e. The number of carbonyl (C=O) groups is 2. The molecule has 0 spiro atoms. The van der Waals surface area contributed by atoms with Gasteiger partial charge in [-0.2, -0.15) is 0 Å². The van der Waals surface area contributed by atoms with E-state index in [0.29, 0.717) is 19.0 Å². The maximum absolute atomic E-state index is 12.6. The highest BCUT2D eigenvalue weighted by atomic mass is 16.2. The van der Waals surface area contributed by atoms with Gasteiger partial charge in [0.1, 0.15) is 0 Å². The van der Waals surface area contributed by atoms with Crippen molar-refractivity contribution in [1.29, 1.82) is 0 Å². The Balaban J connectivity index is 1.35. The molecule has 1 heterocycles. The van der Waals surface area contributed by atoms with Crippen LogP contribution in [0, 0.1) is 5.92 Å². The number of hydrogen-bond acceptors (Lipinski definition) is 3. The molecule has 1 N–H and O–H groups in total. The second kappa shape index (κ2) is 7.82. The minimum absolute atomic E-state index is 0.0618. The summed E-state index contributed by atoms with van der Waals surface area (Å²) in [5.41, 5.74) is 2.24. The fraction of sp³-hybridized carbons (Fsp3) is 0.364. The first-order valence-electron chi connectivity index (χ1n) is 9.67. The standard InChI is InChI=1S/C22H25N3O2/c26-21(23-20(18-11-12-18)17-7-3-1-4-8-17)22(27)25-15-13-24(14-16-25)19-9-5-2-6-10-19/h1-10,18,20H,11-16H2,(H,23,26)/t20-/m1/s1. The molecule has 2 fully saturated rings. The summed E-state index contributed by atoms with van der Waals surface area (Å²) >= 11 is 0. The summed E-state index contributed by atoms with van der Waals surface area (Å²) in [5.74, 6) is -0.452. The van der Waals surface area contributed by atoms with E-state index in [4.69, 9.17) is 0 Å². The fourth-order valence-electron chi connectivity index (χ4n) is 3.72. The molecule has 2 aromatic rings. The van der Waals surface area contributed by atoms with Gasteiger partial charge in [-0.3, -0.25) is 9.59 Å². The summed E-state index contributed by atoms with van der Waals surface area (Å²) in [7, 11) is 0. The van der Waals surface area contributed by atoms with E-state index in [0.717, 1.165) is 37.2 Å². The number of amides is 2. The van der Waals surface area contributed by atoms with Crippen LogP contribution in [0.5, 0.6) is 0 Å². The number of hydrogen-bond donors (Lipinski definition) is 1. The molecule has 0 aromatic heterocycles. The van der Waals surface area contributed by atoms with Crippen molar-refractivity contribution in [2.75, 3.05) is 31.1 Å². The van der Waals surface area contributed by atoms with E-state index in [-0.39, 0.29) is 6.04 Å². The van der Waals surface area contributed by atoms with Crippen LogP contribution in [0.3, 0.4) is 0 Å². The van der Waals surface area contributed by atoms with Crippen LogP contribution in [-0.4, -0.2) is 42.9 Å². The molecule has 1 aliphatic heterocycles. The van der Waals surface area contributed by atoms with Crippen molar-refractivity contribution in [2.24, 2.45) is 5.92 Å². The van der Waals surface area contributed by atoms with Crippen LogP contribution >= 0.6 is 0 Å². The summed E-state index contributed by atoms with van der Waals surface area (Å²) < 4.78 is 0. The smallest absolute Gasteiger partial charge is 0.312 e. The molecule has 0 bridgehead atoms. The first-order chi connectivity index (χ1) is 13.2. The van der Waals surface area contributed by atoms with Crippen LogP contribution in [0.4, 0.5) is 5.69 Å². The first-order valence-corrected chi connectivity index (χ1v) is 9.67. The van der Waals surface area contributed by atoms with Gasteiger partial charge in [-0.1, -0.05) is 48.5 Å². The second-order valence-corrected chi connectivity index (χ2v) is 7.31. The molecular formula is C22H25N3O2. The highest BCUT2D eigenvalue weighted by molar-refractivity contribution is 6.35. The van der Waals surface area contributed by atoms with Gasteiger partial charge in [0.25, 0.3) is 0 Å². The lowest BCUT2D eigenvalue weighted by molar-refractivity contribution is -0.146. The Kier molecular flexibility index (Phi) is 5.10. The molecule has 27 heavy (non-hydrogen) atoms. The lowest BCUT2D eigenvalue weighted by atomic mass is 10.0. The number of para-hydroxylation sites is 1. The second-order valence-electron chi connectivity index (χ2n) is 7.31. The van der Waals surface area contributed by atoms with Gasteiger partial charge in [-0.25, -0.2) is 0 Å². The van der Waals surface area contributed by atoms with Crippen molar-refractivity contribution < 1.29 is 9.59 Å². The average Bonchev–Trinajstić information content (AvgIpc) is 3.58. The fourth-order valence-corrected chi connectivity index (χ4v) is 3.72. The predicted octanol–water partition coefficient (Wildman–Crippen LogP) is 2.60. The number of carbonyl (C=O) groups excluding carboxylic acids is 2. The van der Waals surface area contributed by atoms with Gasteiger partial charge in [0, 0.05) is 31.9 Å². The van der Waals surface area contributed by atoms with E-state index >= 15 is 0 Å².